The molecule has 0 saturated heterocycles. The van der Waals surface area contributed by atoms with Gasteiger partial charge in [-0.15, -0.1) is 0 Å². The number of aryl methyl sites for hydroxylation is 1. The highest BCUT2D eigenvalue weighted by atomic mass is 16.1. The Balaban J connectivity index is 1.94. The highest BCUT2D eigenvalue weighted by Gasteiger charge is 2.09. The second-order valence-electron chi connectivity index (χ2n) is 7.05. The van der Waals surface area contributed by atoms with Crippen LogP contribution in [0.25, 0.3) is 0 Å². The molecule has 0 saturated carbocycles. The Morgan fingerprint density at radius 2 is 1.48 bits per heavy atom. The lowest BCUT2D eigenvalue weighted by atomic mass is 10.0. The van der Waals surface area contributed by atoms with Gasteiger partial charge >= 0.3 is 0 Å². The van der Waals surface area contributed by atoms with Gasteiger partial charge in [0.15, 0.2) is 0 Å². The lowest BCUT2D eigenvalue weighted by molar-refractivity contribution is -0.121. The molecular weight excluding hydrogens is 310 g/mol. The summed E-state index contributed by atoms with van der Waals surface area (Å²) in [4.78, 5) is 24.0. The maximum absolute atomic E-state index is 12.3. The predicted molar refractivity (Wildman–Crippen MR) is 103 cm³/mol. The fourth-order valence-electron chi connectivity index (χ4n) is 2.53. The summed E-state index contributed by atoms with van der Waals surface area (Å²) in [5.74, 6) is 0.695. The van der Waals surface area contributed by atoms with Crippen molar-refractivity contribution < 1.29 is 9.59 Å². The van der Waals surface area contributed by atoms with E-state index in [-0.39, 0.29) is 17.6 Å². The van der Waals surface area contributed by atoms with Crippen molar-refractivity contribution in [3.05, 3.63) is 65.2 Å². The van der Waals surface area contributed by atoms with Gasteiger partial charge in [-0.3, -0.25) is 9.59 Å². The molecule has 0 aliphatic rings. The van der Waals surface area contributed by atoms with Crippen molar-refractivity contribution in [1.82, 2.24) is 0 Å². The Hall–Kier alpha value is -2.42. The predicted octanol–water partition coefficient (Wildman–Crippen LogP) is 5.22. The zero-order chi connectivity index (χ0) is 18.4. The topological polar surface area (TPSA) is 46.2 Å². The van der Waals surface area contributed by atoms with E-state index in [1.165, 1.54) is 5.56 Å². The van der Waals surface area contributed by atoms with E-state index in [1.54, 1.807) is 0 Å². The van der Waals surface area contributed by atoms with Gasteiger partial charge in [-0.25, -0.2) is 0 Å². The van der Waals surface area contributed by atoms with Crippen LogP contribution in [0.2, 0.25) is 0 Å². The maximum atomic E-state index is 12.3. The van der Waals surface area contributed by atoms with E-state index in [9.17, 15) is 9.59 Å². The highest BCUT2D eigenvalue weighted by Crippen LogP contribution is 2.18. The minimum atomic E-state index is -0.123. The Bertz CT molecular complexity index is 713. The van der Waals surface area contributed by atoms with Gasteiger partial charge in [-0.1, -0.05) is 52.0 Å². The van der Waals surface area contributed by atoms with Gasteiger partial charge in [0.1, 0.15) is 5.78 Å². The van der Waals surface area contributed by atoms with E-state index >= 15 is 0 Å². The third-order valence-corrected chi connectivity index (χ3v) is 4.36. The van der Waals surface area contributed by atoms with Crippen molar-refractivity contribution >= 4 is 17.4 Å². The maximum Gasteiger partial charge on any atom is 0.255 e. The molecule has 25 heavy (non-hydrogen) atoms. The molecule has 3 nitrogen and oxygen atoms in total. The summed E-state index contributed by atoms with van der Waals surface area (Å²) in [5.41, 5.74) is 3.73. The second-order valence-corrected chi connectivity index (χ2v) is 7.05. The summed E-state index contributed by atoms with van der Waals surface area (Å²) in [6.07, 6.45) is 1.26. The number of Topliss-reactive ketones (excluding diaryl/α,β-unsaturated/α-hetero) is 1. The molecule has 3 heteroatoms. The van der Waals surface area contributed by atoms with Crippen molar-refractivity contribution in [3.8, 4) is 0 Å². The number of ketones is 1. The number of anilines is 1. The molecule has 0 unspecified atom stereocenters. The van der Waals surface area contributed by atoms with Crippen LogP contribution in [0.3, 0.4) is 0 Å². The first kappa shape index (κ1) is 18.9. The standard InChI is InChI=1S/C22H27NO2/c1-15(2)18-10-12-20(13-11-18)23-22(25)19-8-5-17(6-9-19)7-14-21(24)16(3)4/h5-6,8-13,15-16H,7,14H2,1-4H3,(H,23,25). The van der Waals surface area contributed by atoms with E-state index < -0.39 is 0 Å². The zero-order valence-corrected chi connectivity index (χ0v) is 15.5. The van der Waals surface area contributed by atoms with E-state index in [0.717, 1.165) is 17.7 Å². The van der Waals surface area contributed by atoms with Crippen LogP contribution in [-0.2, 0) is 11.2 Å². The average molecular weight is 337 g/mol. The molecule has 0 atom stereocenters. The molecule has 0 aliphatic heterocycles. The Morgan fingerprint density at radius 1 is 0.880 bits per heavy atom. The molecule has 0 aromatic heterocycles. The molecule has 1 amide bonds. The quantitative estimate of drug-likeness (QED) is 0.753. The first-order valence-corrected chi connectivity index (χ1v) is 8.89. The van der Waals surface area contributed by atoms with Crippen molar-refractivity contribution in [3.63, 3.8) is 0 Å². The molecule has 132 valence electrons. The third-order valence-electron chi connectivity index (χ3n) is 4.36. The number of benzene rings is 2. The van der Waals surface area contributed by atoms with Gasteiger partial charge in [0, 0.05) is 23.6 Å². The van der Waals surface area contributed by atoms with Crippen LogP contribution in [0.4, 0.5) is 5.69 Å². The molecule has 2 aromatic carbocycles. The molecule has 0 bridgehead atoms. The lowest BCUT2D eigenvalue weighted by Gasteiger charge is -2.09. The first-order valence-electron chi connectivity index (χ1n) is 8.89. The Kier molecular flexibility index (Phi) is 6.51. The number of amides is 1. The number of carbonyl (C=O) groups is 2. The largest absolute Gasteiger partial charge is 0.322 e. The minimum Gasteiger partial charge on any atom is -0.322 e. The van der Waals surface area contributed by atoms with Gasteiger partial charge in [0.25, 0.3) is 5.91 Å². The van der Waals surface area contributed by atoms with Crippen LogP contribution in [0.5, 0.6) is 0 Å². The summed E-state index contributed by atoms with van der Waals surface area (Å²) in [7, 11) is 0. The normalized spacial score (nSPS) is 11.0. The van der Waals surface area contributed by atoms with Crippen LogP contribution < -0.4 is 5.32 Å². The van der Waals surface area contributed by atoms with Crippen molar-refractivity contribution in [1.29, 1.82) is 0 Å². The van der Waals surface area contributed by atoms with Crippen LogP contribution in [-0.4, -0.2) is 11.7 Å². The van der Waals surface area contributed by atoms with Crippen LogP contribution in [0.15, 0.2) is 48.5 Å². The fraction of sp³-hybridized carbons (Fsp3) is 0.364. The number of hydrogen-bond acceptors (Lipinski definition) is 2. The molecular formula is C22H27NO2. The number of hydrogen-bond donors (Lipinski definition) is 1. The number of carbonyl (C=O) groups excluding carboxylic acids is 2. The van der Waals surface area contributed by atoms with Gasteiger partial charge in [0.05, 0.1) is 0 Å². The summed E-state index contributed by atoms with van der Waals surface area (Å²) >= 11 is 0. The van der Waals surface area contributed by atoms with E-state index in [1.807, 2.05) is 62.4 Å². The Morgan fingerprint density at radius 3 is 2.00 bits per heavy atom. The van der Waals surface area contributed by atoms with Crippen LogP contribution in [0.1, 0.15) is 61.5 Å². The smallest absolute Gasteiger partial charge is 0.255 e. The monoisotopic (exact) mass is 337 g/mol. The van der Waals surface area contributed by atoms with Crippen LogP contribution in [0, 0.1) is 5.92 Å². The van der Waals surface area contributed by atoms with E-state index in [2.05, 4.69) is 19.2 Å². The summed E-state index contributed by atoms with van der Waals surface area (Å²) in [6, 6.07) is 15.4. The van der Waals surface area contributed by atoms with E-state index in [0.29, 0.717) is 17.9 Å². The molecule has 1 N–H and O–H groups in total. The average Bonchev–Trinajstić information content (AvgIpc) is 2.60. The Labute approximate surface area is 150 Å². The molecule has 0 heterocycles. The summed E-state index contributed by atoms with van der Waals surface area (Å²) in [5, 5.41) is 2.92. The van der Waals surface area contributed by atoms with Crippen molar-refractivity contribution in [2.75, 3.05) is 5.32 Å². The van der Waals surface area contributed by atoms with Gasteiger partial charge < -0.3 is 5.32 Å². The summed E-state index contributed by atoms with van der Waals surface area (Å²) in [6.45, 7) is 8.13. The van der Waals surface area contributed by atoms with Gasteiger partial charge in [0.2, 0.25) is 0 Å². The zero-order valence-electron chi connectivity index (χ0n) is 15.5. The lowest BCUT2D eigenvalue weighted by Crippen LogP contribution is -2.12. The molecule has 2 aromatic rings. The highest BCUT2D eigenvalue weighted by molar-refractivity contribution is 6.04. The van der Waals surface area contributed by atoms with Crippen molar-refractivity contribution in [2.45, 2.75) is 46.5 Å². The van der Waals surface area contributed by atoms with Crippen molar-refractivity contribution in [2.24, 2.45) is 5.92 Å². The molecule has 2 rings (SSSR count). The molecule has 0 radical (unpaired) electrons. The van der Waals surface area contributed by atoms with Gasteiger partial charge in [-0.2, -0.15) is 0 Å². The molecule has 0 spiro atoms. The summed E-state index contributed by atoms with van der Waals surface area (Å²) < 4.78 is 0. The molecule has 0 aliphatic carbocycles. The second kappa shape index (κ2) is 8.61. The number of nitrogens with one attached hydrogen (secondary N) is 1. The van der Waals surface area contributed by atoms with E-state index in [4.69, 9.17) is 0 Å². The third kappa shape index (κ3) is 5.56. The number of rotatable bonds is 7. The van der Waals surface area contributed by atoms with Crippen LogP contribution >= 0.6 is 0 Å². The van der Waals surface area contributed by atoms with Gasteiger partial charge in [-0.05, 0) is 47.7 Å². The SMILES string of the molecule is CC(C)C(=O)CCc1ccc(C(=O)Nc2ccc(C(C)C)cc2)cc1. The fourth-order valence-corrected chi connectivity index (χ4v) is 2.53. The minimum absolute atomic E-state index is 0.0761. The molecule has 0 fully saturated rings. The first-order chi connectivity index (χ1) is 11.9.